The molecule has 0 unspecified atom stereocenters. The summed E-state index contributed by atoms with van der Waals surface area (Å²) >= 11 is 1.24. The highest BCUT2D eigenvalue weighted by molar-refractivity contribution is 7.07. The number of hydrogen-bond donors (Lipinski definition) is 0. The lowest BCUT2D eigenvalue weighted by molar-refractivity contribution is 0.523. The Labute approximate surface area is 98.2 Å². The van der Waals surface area contributed by atoms with Crippen LogP contribution in [0.5, 0.6) is 0 Å². The second kappa shape index (κ2) is 4.25. The molecule has 86 valence electrons. The van der Waals surface area contributed by atoms with Gasteiger partial charge in [0.2, 0.25) is 0 Å². The SMILES string of the molecule is Cc1csc(=O)n1Cc1ccn(C(C)C)n1. The van der Waals surface area contributed by atoms with Gasteiger partial charge in [0.05, 0.1) is 12.2 Å². The molecule has 0 saturated heterocycles. The smallest absolute Gasteiger partial charge is 0.297 e. The molecule has 0 N–H and O–H groups in total. The van der Waals surface area contributed by atoms with Crippen molar-refractivity contribution in [3.05, 3.63) is 38.7 Å². The van der Waals surface area contributed by atoms with Crippen molar-refractivity contribution >= 4 is 11.3 Å². The monoisotopic (exact) mass is 237 g/mol. The molecule has 0 spiro atoms. The number of nitrogens with zero attached hydrogens (tertiary/aromatic N) is 3. The van der Waals surface area contributed by atoms with Crippen molar-refractivity contribution in [2.45, 2.75) is 33.4 Å². The van der Waals surface area contributed by atoms with Crippen molar-refractivity contribution in [3.8, 4) is 0 Å². The first-order valence-electron chi connectivity index (χ1n) is 5.27. The minimum Gasteiger partial charge on any atom is -0.297 e. The fourth-order valence-corrected chi connectivity index (χ4v) is 2.24. The molecule has 4 nitrogen and oxygen atoms in total. The summed E-state index contributed by atoms with van der Waals surface area (Å²) < 4.78 is 3.65. The Morgan fingerprint density at radius 3 is 2.75 bits per heavy atom. The lowest BCUT2D eigenvalue weighted by Crippen LogP contribution is -2.16. The van der Waals surface area contributed by atoms with E-state index in [9.17, 15) is 4.79 Å². The first-order chi connectivity index (χ1) is 7.58. The van der Waals surface area contributed by atoms with Crippen LogP contribution in [0.3, 0.4) is 0 Å². The van der Waals surface area contributed by atoms with Crippen molar-refractivity contribution in [2.75, 3.05) is 0 Å². The van der Waals surface area contributed by atoms with Crippen LogP contribution in [-0.2, 0) is 6.54 Å². The fourth-order valence-electron chi connectivity index (χ4n) is 1.51. The molecule has 0 saturated carbocycles. The van der Waals surface area contributed by atoms with Gasteiger partial charge in [0.25, 0.3) is 0 Å². The van der Waals surface area contributed by atoms with Gasteiger partial charge in [-0.15, -0.1) is 0 Å². The molecule has 2 aromatic heterocycles. The van der Waals surface area contributed by atoms with Crippen molar-refractivity contribution in [1.29, 1.82) is 0 Å². The third-order valence-electron chi connectivity index (χ3n) is 2.49. The van der Waals surface area contributed by atoms with E-state index in [2.05, 4.69) is 18.9 Å². The average Bonchev–Trinajstić information content (AvgIpc) is 2.80. The van der Waals surface area contributed by atoms with Gasteiger partial charge in [0, 0.05) is 23.3 Å². The van der Waals surface area contributed by atoms with Gasteiger partial charge in [0.15, 0.2) is 0 Å². The van der Waals surface area contributed by atoms with Gasteiger partial charge >= 0.3 is 4.87 Å². The third kappa shape index (κ3) is 2.09. The summed E-state index contributed by atoms with van der Waals surface area (Å²) in [7, 11) is 0. The quantitative estimate of drug-likeness (QED) is 0.819. The zero-order valence-electron chi connectivity index (χ0n) is 9.67. The lowest BCUT2D eigenvalue weighted by Gasteiger charge is -2.04. The van der Waals surface area contributed by atoms with Crippen LogP contribution in [0.1, 0.15) is 31.3 Å². The van der Waals surface area contributed by atoms with E-state index in [0.29, 0.717) is 12.6 Å². The summed E-state index contributed by atoms with van der Waals surface area (Å²) in [5, 5.41) is 6.31. The van der Waals surface area contributed by atoms with Gasteiger partial charge in [-0.3, -0.25) is 14.0 Å². The van der Waals surface area contributed by atoms with Gasteiger partial charge in [-0.1, -0.05) is 11.3 Å². The lowest BCUT2D eigenvalue weighted by atomic mass is 10.4. The first-order valence-corrected chi connectivity index (χ1v) is 6.15. The summed E-state index contributed by atoms with van der Waals surface area (Å²) in [6, 6.07) is 2.32. The summed E-state index contributed by atoms with van der Waals surface area (Å²) in [6.07, 6.45) is 1.95. The molecule has 0 aliphatic rings. The molecule has 0 fully saturated rings. The Balaban J connectivity index is 2.24. The maximum Gasteiger partial charge on any atom is 0.307 e. The number of thiazole rings is 1. The number of rotatable bonds is 3. The van der Waals surface area contributed by atoms with Crippen LogP contribution in [-0.4, -0.2) is 14.3 Å². The minimum atomic E-state index is 0.0802. The summed E-state index contributed by atoms with van der Waals surface area (Å²) in [6.45, 7) is 6.67. The van der Waals surface area contributed by atoms with E-state index in [1.165, 1.54) is 11.3 Å². The second-order valence-electron chi connectivity index (χ2n) is 4.11. The Bertz CT molecular complexity index is 535. The summed E-state index contributed by atoms with van der Waals surface area (Å²) in [5.41, 5.74) is 1.92. The highest BCUT2D eigenvalue weighted by Crippen LogP contribution is 2.07. The maximum atomic E-state index is 11.5. The van der Waals surface area contributed by atoms with Crippen LogP contribution < -0.4 is 4.87 Å². The minimum absolute atomic E-state index is 0.0802. The van der Waals surface area contributed by atoms with Crippen molar-refractivity contribution in [2.24, 2.45) is 0 Å². The molecule has 0 bridgehead atoms. The van der Waals surface area contributed by atoms with Crippen LogP contribution in [0.2, 0.25) is 0 Å². The van der Waals surface area contributed by atoms with Crippen LogP contribution in [0, 0.1) is 6.92 Å². The van der Waals surface area contributed by atoms with E-state index in [-0.39, 0.29) is 4.87 Å². The molecule has 0 amide bonds. The molecule has 0 radical (unpaired) electrons. The van der Waals surface area contributed by atoms with Gasteiger partial charge in [0.1, 0.15) is 0 Å². The van der Waals surface area contributed by atoms with Crippen molar-refractivity contribution < 1.29 is 0 Å². The molecule has 0 aliphatic carbocycles. The maximum absolute atomic E-state index is 11.5. The van der Waals surface area contributed by atoms with E-state index in [4.69, 9.17) is 0 Å². The van der Waals surface area contributed by atoms with Crippen molar-refractivity contribution in [3.63, 3.8) is 0 Å². The highest BCUT2D eigenvalue weighted by Gasteiger charge is 2.06. The normalized spacial score (nSPS) is 11.2. The van der Waals surface area contributed by atoms with Crippen molar-refractivity contribution in [1.82, 2.24) is 14.3 Å². The Morgan fingerprint density at radius 2 is 2.25 bits per heavy atom. The Hall–Kier alpha value is -1.36. The zero-order valence-corrected chi connectivity index (χ0v) is 10.5. The molecule has 0 atom stereocenters. The third-order valence-corrected chi connectivity index (χ3v) is 3.37. The Morgan fingerprint density at radius 1 is 1.50 bits per heavy atom. The number of aryl methyl sites for hydroxylation is 1. The largest absolute Gasteiger partial charge is 0.307 e. The van der Waals surface area contributed by atoms with E-state index in [1.807, 2.05) is 29.2 Å². The average molecular weight is 237 g/mol. The predicted molar refractivity (Wildman–Crippen MR) is 65.0 cm³/mol. The van der Waals surface area contributed by atoms with Crippen LogP contribution >= 0.6 is 11.3 Å². The number of aromatic nitrogens is 3. The predicted octanol–water partition coefficient (Wildman–Crippen LogP) is 2.04. The highest BCUT2D eigenvalue weighted by atomic mass is 32.1. The molecule has 16 heavy (non-hydrogen) atoms. The summed E-state index contributed by atoms with van der Waals surface area (Å²) in [5.74, 6) is 0. The number of hydrogen-bond acceptors (Lipinski definition) is 3. The van der Waals surface area contributed by atoms with E-state index in [1.54, 1.807) is 4.57 Å². The Kier molecular flexibility index (Phi) is 2.96. The molecule has 0 aromatic carbocycles. The molecular formula is C11H15N3OS. The molecular weight excluding hydrogens is 222 g/mol. The molecule has 2 aromatic rings. The molecule has 0 aliphatic heterocycles. The fraction of sp³-hybridized carbons (Fsp3) is 0.455. The van der Waals surface area contributed by atoms with E-state index in [0.717, 1.165) is 11.4 Å². The molecule has 2 rings (SSSR count). The van der Waals surface area contributed by atoms with Crippen LogP contribution in [0.15, 0.2) is 22.4 Å². The van der Waals surface area contributed by atoms with E-state index < -0.39 is 0 Å². The van der Waals surface area contributed by atoms with Crippen LogP contribution in [0.25, 0.3) is 0 Å². The van der Waals surface area contributed by atoms with Gasteiger partial charge in [-0.2, -0.15) is 5.10 Å². The van der Waals surface area contributed by atoms with Gasteiger partial charge < -0.3 is 0 Å². The molecule has 2 heterocycles. The van der Waals surface area contributed by atoms with Crippen LogP contribution in [0.4, 0.5) is 0 Å². The zero-order chi connectivity index (χ0) is 11.7. The van der Waals surface area contributed by atoms with E-state index >= 15 is 0 Å². The first kappa shape index (κ1) is 11.1. The topological polar surface area (TPSA) is 39.8 Å². The second-order valence-corrected chi connectivity index (χ2v) is 4.93. The van der Waals surface area contributed by atoms with Gasteiger partial charge in [-0.05, 0) is 26.8 Å². The molecule has 5 heteroatoms. The summed E-state index contributed by atoms with van der Waals surface area (Å²) in [4.78, 5) is 11.6. The van der Waals surface area contributed by atoms with Gasteiger partial charge in [-0.25, -0.2) is 0 Å². The standard InChI is InChI=1S/C11H15N3OS/c1-8(2)14-5-4-10(12-14)6-13-9(3)7-16-11(13)15/h4-5,7-8H,6H2,1-3H3.